The molecule has 0 radical (unpaired) electrons. The summed E-state index contributed by atoms with van der Waals surface area (Å²) in [5.41, 5.74) is 23.6. The van der Waals surface area contributed by atoms with Crippen molar-refractivity contribution in [3.05, 3.63) is 174 Å². The highest BCUT2D eigenvalue weighted by molar-refractivity contribution is 9.10. The molecule has 7 fully saturated rings. The van der Waals surface area contributed by atoms with E-state index in [1.807, 2.05) is 85.1 Å². The minimum atomic E-state index is -1.76. The molecule has 4 unspecified atom stereocenters. The van der Waals surface area contributed by atoms with Crippen LogP contribution in [0.4, 0.5) is 34.4 Å². The smallest absolute Gasteiger partial charge is 0.486 e. The summed E-state index contributed by atoms with van der Waals surface area (Å²) in [5, 5.41) is 18.0. The molecule has 26 heteroatoms. The lowest BCUT2D eigenvalue weighted by Gasteiger charge is -2.43. The van der Waals surface area contributed by atoms with Crippen molar-refractivity contribution in [3.8, 4) is 45.8 Å². The zero-order valence-corrected chi connectivity index (χ0v) is 71.9. The number of benzene rings is 2. The number of nitrogens with zero attached hydrogens (tertiary/aromatic N) is 12. The number of nitrogen functional groups attached to an aromatic ring is 2. The van der Waals surface area contributed by atoms with E-state index in [9.17, 15) is 0 Å². The lowest BCUT2D eigenvalue weighted by Crippen LogP contribution is -2.54. The van der Waals surface area contributed by atoms with Crippen LogP contribution in [0, 0.1) is 13.8 Å². The first-order chi connectivity index (χ1) is 53.2. The highest BCUT2D eigenvalue weighted by Gasteiger charge is 2.51. The Morgan fingerprint density at radius 1 is 0.518 bits per heavy atom. The summed E-state index contributed by atoms with van der Waals surface area (Å²) in [5.74, 6) is 5.81. The number of rotatable bonds is 22. The van der Waals surface area contributed by atoms with E-state index in [1.165, 1.54) is 11.1 Å². The van der Waals surface area contributed by atoms with Gasteiger partial charge in [-0.05, 0) is 185 Å². The summed E-state index contributed by atoms with van der Waals surface area (Å²) in [4.78, 5) is 27.7. The number of hydrogen-bond acceptors (Lipinski definition) is 22. The largest absolute Gasteiger partial charge is 0.489 e. The Morgan fingerprint density at radius 3 is 1.33 bits per heavy atom. The van der Waals surface area contributed by atoms with Gasteiger partial charge in [0.05, 0.1) is 65.3 Å². The van der Waals surface area contributed by atoms with Gasteiger partial charge in [-0.2, -0.15) is 0 Å². The topological polar surface area (TPSA) is 242 Å². The van der Waals surface area contributed by atoms with Crippen molar-refractivity contribution in [1.29, 1.82) is 0 Å². The number of nitrogens with two attached hydrogens (primary N) is 2. The molecular formula is C86H114BBrN14O8Si2. The molecule has 22 nitrogen and oxygen atoms in total. The van der Waals surface area contributed by atoms with Gasteiger partial charge in [0.1, 0.15) is 40.5 Å². The van der Waals surface area contributed by atoms with Gasteiger partial charge in [0.2, 0.25) is 11.8 Å². The number of piperazine rings is 2. The summed E-state index contributed by atoms with van der Waals surface area (Å²) >= 11 is 3.35. The number of halogens is 1. The number of pyridine rings is 4. The average Bonchev–Trinajstić information content (AvgIpc) is 1.58. The van der Waals surface area contributed by atoms with E-state index in [0.29, 0.717) is 60.8 Å². The second-order valence-electron chi connectivity index (χ2n) is 35.0. The number of anilines is 6. The first-order valence-electron chi connectivity index (χ1n) is 39.8. The van der Waals surface area contributed by atoms with Crippen LogP contribution in [0.15, 0.2) is 157 Å². The molecule has 2 aliphatic carbocycles. The quantitative estimate of drug-likeness (QED) is 0.0473. The van der Waals surface area contributed by atoms with Gasteiger partial charge in [-0.3, -0.25) is 4.98 Å². The van der Waals surface area contributed by atoms with E-state index >= 15 is 0 Å². The minimum Gasteiger partial charge on any atom is -0.489 e. The molecule has 5 aliphatic heterocycles. The van der Waals surface area contributed by atoms with Crippen LogP contribution in [0.3, 0.4) is 0 Å². The third-order valence-electron chi connectivity index (χ3n) is 24.4. The molecular weight excluding hydrogens is 1500 g/mol. The van der Waals surface area contributed by atoms with Crippen molar-refractivity contribution in [2.45, 2.75) is 231 Å². The van der Waals surface area contributed by atoms with Gasteiger partial charge < -0.3 is 68.2 Å². The molecule has 4 atom stereocenters. The maximum atomic E-state index is 6.41. The molecule has 2 saturated carbocycles. The number of fused-ring (bicyclic) bond motifs is 4. The summed E-state index contributed by atoms with van der Waals surface area (Å²) in [6.45, 7) is 39.7. The average molecular weight is 1620 g/mol. The molecule has 15 rings (SSSR count). The lowest BCUT2D eigenvalue weighted by molar-refractivity contribution is 0.00173. The summed E-state index contributed by atoms with van der Waals surface area (Å²) in [6.07, 6.45) is 21.5. The molecule has 7 aliphatic rings. The fraction of sp³-hybridized carbons (Fsp3) is 0.488. The van der Waals surface area contributed by atoms with Gasteiger partial charge >= 0.3 is 7.12 Å². The number of aryl methyl sites for hydroxylation is 2. The minimum absolute atomic E-state index is 0.0759. The molecule has 8 aromatic rings. The molecule has 6 aromatic heterocycles. The van der Waals surface area contributed by atoms with Gasteiger partial charge in [-0.25, -0.2) is 15.0 Å². The Hall–Kier alpha value is -8.50. The number of hydrogen-bond donors (Lipinski definition) is 2. The Morgan fingerprint density at radius 2 is 0.929 bits per heavy atom. The monoisotopic (exact) mass is 1620 g/mol. The highest BCUT2D eigenvalue weighted by Crippen LogP contribution is 2.45. The van der Waals surface area contributed by atoms with E-state index in [2.05, 4.69) is 246 Å². The molecule has 112 heavy (non-hydrogen) atoms. The molecule has 594 valence electrons. The normalized spacial score (nSPS) is 22.6. The zero-order valence-electron chi connectivity index (χ0n) is 68.3. The Bertz CT molecular complexity index is 4550. The van der Waals surface area contributed by atoms with Gasteiger partial charge in [-0.1, -0.05) is 108 Å². The van der Waals surface area contributed by atoms with Gasteiger partial charge in [0, 0.05) is 123 Å². The van der Waals surface area contributed by atoms with Gasteiger partial charge in [0.25, 0.3) is 0 Å². The van der Waals surface area contributed by atoms with Crippen LogP contribution in [0.5, 0.6) is 23.3 Å². The van der Waals surface area contributed by atoms with Crippen LogP contribution in [0.25, 0.3) is 28.6 Å². The van der Waals surface area contributed by atoms with E-state index in [0.717, 1.165) is 145 Å². The number of ether oxygens (including phenoxy) is 4. The molecule has 0 amide bonds. The van der Waals surface area contributed by atoms with Crippen LogP contribution >= 0.6 is 15.9 Å². The summed E-state index contributed by atoms with van der Waals surface area (Å²) in [7, 11) is -3.70. The highest BCUT2D eigenvalue weighted by atomic mass is 79.9. The Balaban J connectivity index is 0.000000161. The molecule has 5 saturated heterocycles. The van der Waals surface area contributed by atoms with E-state index in [-0.39, 0.29) is 52.8 Å². The van der Waals surface area contributed by atoms with Crippen molar-refractivity contribution < 1.29 is 37.1 Å². The predicted octanol–water partition coefficient (Wildman–Crippen LogP) is 17.3. The molecule has 2 aromatic carbocycles. The standard InChI is InChI=1S/C40H51N7O3Si.C31H32BrN7O2.C15H31BO3Si/c1-27-10-7-8-12-35(27)36-23-37(39(41)45-44-36)46-25-30-14-15-31(26-46)47(30)29-17-18-42-38(20-29)50-34-21-33(22-34)49-32-16-13-28(43-24-32)11-9-19-48-51(5,6)40(2,3)4;1-19-4-2-3-5-26(19)27-15-28(31(33)37-36-27)38-17-21-6-7-22(18-38)39(21)20-10-11-34-30(12-20)41-25-13-24(14-25)40-23-8-9-29(32)35-16-23;1-13(2,3)20(8,9)17-12-10-11-16-18-14(4,5)15(6,7)19-16/h7-13,16-18,20,23-24,30-31,33-34H,14-15,19,21-22,25-26H2,1-6H3,(H2,41,45);2-5,8-12,15-16,21-22,24-25H,6-7,13-14,17-18H2,1H3,(H2,33,37);10-11H,12H2,1-9H3. The second kappa shape index (κ2) is 33.9. The van der Waals surface area contributed by atoms with E-state index in [4.69, 9.17) is 48.6 Å². The summed E-state index contributed by atoms with van der Waals surface area (Å²) in [6, 6.07) is 38.4. The van der Waals surface area contributed by atoms with Gasteiger partial charge in [0.15, 0.2) is 28.3 Å². The molecule has 0 spiro atoms. The predicted molar refractivity (Wildman–Crippen MR) is 458 cm³/mol. The first-order valence-corrected chi connectivity index (χ1v) is 46.4. The van der Waals surface area contributed by atoms with Gasteiger partial charge in [-0.15, -0.1) is 20.4 Å². The third kappa shape index (κ3) is 19.3. The van der Waals surface area contributed by atoms with Crippen molar-refractivity contribution in [2.75, 3.05) is 70.5 Å². The van der Waals surface area contributed by atoms with Crippen molar-refractivity contribution in [3.63, 3.8) is 0 Å². The van der Waals surface area contributed by atoms with Crippen LogP contribution < -0.4 is 50.0 Å². The number of aromatic nitrogens is 8. The lowest BCUT2D eigenvalue weighted by atomic mass is 9.90. The Kier molecular flexibility index (Phi) is 24.7. The van der Waals surface area contributed by atoms with E-state index in [1.54, 1.807) is 12.4 Å². The second-order valence-corrected chi connectivity index (χ2v) is 45.4. The zero-order chi connectivity index (χ0) is 79.5. The Labute approximate surface area is 673 Å². The third-order valence-corrected chi connectivity index (χ3v) is 33.9. The SMILES string of the molecule is CC1(C)OB(C=CCO[Si](C)(C)C(C)(C)C)OC1(C)C.Cc1ccccc1-c1cc(N2CC3CCC(C2)N3c2ccnc(OC3CC(Oc4ccc(Br)nc4)C3)c2)c(N)nn1.Cc1ccccc1-c1cc(N2CC3CCC(C2)N3c2ccnc(OC3CC(Oc4ccc(C=CCO[Si](C)(C)C(C)(C)C)nc4)C3)c2)c(N)nn1. The van der Waals surface area contributed by atoms with Crippen LogP contribution in [-0.4, -0.2) is 163 Å². The molecule has 11 heterocycles. The maximum absolute atomic E-state index is 6.41. The van der Waals surface area contributed by atoms with Crippen LogP contribution in [0.2, 0.25) is 36.3 Å². The maximum Gasteiger partial charge on any atom is 0.486 e. The van der Waals surface area contributed by atoms with E-state index < -0.39 is 16.6 Å². The van der Waals surface area contributed by atoms with Crippen molar-refractivity contribution >= 4 is 80.1 Å². The summed E-state index contributed by atoms with van der Waals surface area (Å²) < 4.78 is 49.7. The fourth-order valence-corrected chi connectivity index (χ4v) is 17.1. The van der Waals surface area contributed by atoms with Crippen LogP contribution in [-0.2, 0) is 18.2 Å². The van der Waals surface area contributed by atoms with Crippen LogP contribution in [0.1, 0.15) is 137 Å². The van der Waals surface area contributed by atoms with Crippen molar-refractivity contribution in [2.24, 2.45) is 0 Å². The van der Waals surface area contributed by atoms with Crippen molar-refractivity contribution in [1.82, 2.24) is 40.3 Å². The molecule has 4 N–H and O–H groups in total. The first kappa shape index (κ1) is 81.5. The fourth-order valence-electron chi connectivity index (χ4n) is 15.0. The molecule has 4 bridgehead atoms.